The minimum atomic E-state index is -0.346. The van der Waals surface area contributed by atoms with Gasteiger partial charge in [-0.05, 0) is 68.9 Å². The standard InChI is InChI=1S/C21H25N3O3S/c1-4-13-22-20(26)17-7-5-6-8-18(17)23-21(28)24-19(25)15-9-11-16(12-10-15)27-14(2)3/h5-12,14H,4,13H2,1-3H3,(H,22,26)(H2,23,24,25,28). The van der Waals surface area contributed by atoms with Gasteiger partial charge in [0.1, 0.15) is 5.75 Å². The van der Waals surface area contributed by atoms with Crippen LogP contribution in [-0.4, -0.2) is 29.6 Å². The Hall–Kier alpha value is -2.93. The fourth-order valence-electron chi connectivity index (χ4n) is 2.41. The van der Waals surface area contributed by atoms with Gasteiger partial charge in [-0.2, -0.15) is 0 Å². The van der Waals surface area contributed by atoms with Crippen molar-refractivity contribution in [2.75, 3.05) is 11.9 Å². The van der Waals surface area contributed by atoms with E-state index < -0.39 is 0 Å². The van der Waals surface area contributed by atoms with Crippen LogP contribution in [0.2, 0.25) is 0 Å². The predicted molar refractivity (Wildman–Crippen MR) is 115 cm³/mol. The zero-order valence-electron chi connectivity index (χ0n) is 16.2. The first-order valence-corrected chi connectivity index (χ1v) is 9.57. The molecular weight excluding hydrogens is 374 g/mol. The zero-order valence-corrected chi connectivity index (χ0v) is 17.1. The Labute approximate surface area is 170 Å². The number of amides is 2. The van der Waals surface area contributed by atoms with Crippen molar-refractivity contribution in [3.8, 4) is 5.75 Å². The number of hydrogen-bond donors (Lipinski definition) is 3. The quantitative estimate of drug-likeness (QED) is 0.618. The summed E-state index contributed by atoms with van der Waals surface area (Å²) >= 11 is 5.23. The normalized spacial score (nSPS) is 10.3. The van der Waals surface area contributed by atoms with E-state index in [0.717, 1.165) is 6.42 Å². The van der Waals surface area contributed by atoms with Crippen molar-refractivity contribution in [2.45, 2.75) is 33.3 Å². The fourth-order valence-corrected chi connectivity index (χ4v) is 2.61. The first-order valence-electron chi connectivity index (χ1n) is 9.17. The van der Waals surface area contributed by atoms with Crippen LogP contribution in [0, 0.1) is 0 Å². The lowest BCUT2D eigenvalue weighted by Crippen LogP contribution is -2.35. The number of para-hydroxylation sites is 1. The molecule has 0 aliphatic rings. The van der Waals surface area contributed by atoms with Crippen LogP contribution in [0.1, 0.15) is 47.9 Å². The average molecular weight is 400 g/mol. The van der Waals surface area contributed by atoms with Crippen molar-refractivity contribution in [2.24, 2.45) is 0 Å². The van der Waals surface area contributed by atoms with Gasteiger partial charge in [0.2, 0.25) is 0 Å². The van der Waals surface area contributed by atoms with Crippen LogP contribution in [0.4, 0.5) is 5.69 Å². The molecule has 148 valence electrons. The van der Waals surface area contributed by atoms with Crippen molar-refractivity contribution < 1.29 is 14.3 Å². The number of thiocarbonyl (C=S) groups is 1. The molecule has 3 N–H and O–H groups in total. The third kappa shape index (κ3) is 6.35. The molecule has 0 aromatic heterocycles. The average Bonchev–Trinajstić information content (AvgIpc) is 2.66. The molecule has 0 bridgehead atoms. The fraction of sp³-hybridized carbons (Fsp3) is 0.286. The molecule has 6 nitrogen and oxygen atoms in total. The summed E-state index contributed by atoms with van der Waals surface area (Å²) < 4.78 is 5.56. The Morgan fingerprint density at radius 2 is 1.71 bits per heavy atom. The van der Waals surface area contributed by atoms with Crippen molar-refractivity contribution >= 4 is 34.8 Å². The minimum Gasteiger partial charge on any atom is -0.491 e. The molecule has 7 heteroatoms. The number of rotatable bonds is 7. The smallest absolute Gasteiger partial charge is 0.257 e. The lowest BCUT2D eigenvalue weighted by atomic mass is 10.1. The lowest BCUT2D eigenvalue weighted by Gasteiger charge is -2.14. The SMILES string of the molecule is CCCNC(=O)c1ccccc1NC(=S)NC(=O)c1ccc(OC(C)C)cc1. The number of hydrogen-bond acceptors (Lipinski definition) is 4. The van der Waals surface area contributed by atoms with Crippen LogP contribution in [0.5, 0.6) is 5.75 Å². The molecule has 0 radical (unpaired) electrons. The van der Waals surface area contributed by atoms with Crippen LogP contribution in [0.15, 0.2) is 48.5 Å². The molecule has 2 aromatic rings. The Morgan fingerprint density at radius 1 is 1.04 bits per heavy atom. The largest absolute Gasteiger partial charge is 0.491 e. The maximum Gasteiger partial charge on any atom is 0.257 e. The van der Waals surface area contributed by atoms with Gasteiger partial charge in [-0.1, -0.05) is 19.1 Å². The van der Waals surface area contributed by atoms with Gasteiger partial charge in [-0.15, -0.1) is 0 Å². The minimum absolute atomic E-state index is 0.0612. The van der Waals surface area contributed by atoms with E-state index in [1.165, 1.54) is 0 Å². The zero-order chi connectivity index (χ0) is 20.5. The highest BCUT2D eigenvalue weighted by Crippen LogP contribution is 2.16. The number of benzene rings is 2. The van der Waals surface area contributed by atoms with E-state index in [1.54, 1.807) is 48.5 Å². The van der Waals surface area contributed by atoms with E-state index in [9.17, 15) is 9.59 Å². The lowest BCUT2D eigenvalue weighted by molar-refractivity contribution is 0.0952. The van der Waals surface area contributed by atoms with Crippen LogP contribution in [0.25, 0.3) is 0 Å². The highest BCUT2D eigenvalue weighted by atomic mass is 32.1. The van der Waals surface area contributed by atoms with E-state index in [-0.39, 0.29) is 23.0 Å². The molecule has 0 saturated carbocycles. The molecule has 28 heavy (non-hydrogen) atoms. The van der Waals surface area contributed by atoms with Crippen LogP contribution in [-0.2, 0) is 0 Å². The Balaban J connectivity index is 2.00. The van der Waals surface area contributed by atoms with E-state index in [0.29, 0.717) is 29.1 Å². The summed E-state index contributed by atoms with van der Waals surface area (Å²) in [5.74, 6) is 0.153. The van der Waals surface area contributed by atoms with Gasteiger partial charge in [0.05, 0.1) is 17.4 Å². The summed E-state index contributed by atoms with van der Waals surface area (Å²) in [5.41, 5.74) is 1.44. The topological polar surface area (TPSA) is 79.5 Å². The second-order valence-corrected chi connectivity index (χ2v) is 6.81. The molecule has 2 amide bonds. The van der Waals surface area contributed by atoms with Crippen molar-refractivity contribution in [3.63, 3.8) is 0 Å². The van der Waals surface area contributed by atoms with E-state index >= 15 is 0 Å². The first-order chi connectivity index (χ1) is 13.4. The number of carbonyl (C=O) groups excluding carboxylic acids is 2. The molecule has 2 rings (SSSR count). The molecule has 0 spiro atoms. The Kier molecular flexibility index (Phi) is 7.95. The van der Waals surface area contributed by atoms with Gasteiger partial charge >= 0.3 is 0 Å². The molecular formula is C21H25N3O3S. The van der Waals surface area contributed by atoms with Gasteiger partial charge in [-0.25, -0.2) is 0 Å². The molecule has 2 aromatic carbocycles. The van der Waals surface area contributed by atoms with Crippen LogP contribution in [0.3, 0.4) is 0 Å². The second-order valence-electron chi connectivity index (χ2n) is 6.40. The molecule has 0 heterocycles. The summed E-state index contributed by atoms with van der Waals surface area (Å²) in [7, 11) is 0. The summed E-state index contributed by atoms with van der Waals surface area (Å²) in [5, 5.41) is 8.48. The van der Waals surface area contributed by atoms with Crippen LogP contribution >= 0.6 is 12.2 Å². The first kappa shape index (κ1) is 21.4. The summed E-state index contributed by atoms with van der Waals surface area (Å²) in [4.78, 5) is 24.6. The van der Waals surface area contributed by atoms with E-state index in [2.05, 4.69) is 16.0 Å². The van der Waals surface area contributed by atoms with Gasteiger partial charge in [0.25, 0.3) is 11.8 Å². The molecule has 0 unspecified atom stereocenters. The maximum absolute atomic E-state index is 12.4. The predicted octanol–water partition coefficient (Wildman–Crippen LogP) is 3.74. The third-order valence-corrected chi connectivity index (χ3v) is 3.87. The molecule has 0 atom stereocenters. The van der Waals surface area contributed by atoms with Crippen molar-refractivity contribution in [1.82, 2.24) is 10.6 Å². The van der Waals surface area contributed by atoms with Crippen molar-refractivity contribution in [1.29, 1.82) is 0 Å². The number of nitrogens with one attached hydrogen (secondary N) is 3. The third-order valence-electron chi connectivity index (χ3n) is 3.67. The number of anilines is 1. The van der Waals surface area contributed by atoms with Crippen molar-refractivity contribution in [3.05, 3.63) is 59.7 Å². The molecule has 0 fully saturated rings. The molecule has 0 aliphatic carbocycles. The van der Waals surface area contributed by atoms with E-state index in [1.807, 2.05) is 20.8 Å². The van der Waals surface area contributed by atoms with E-state index in [4.69, 9.17) is 17.0 Å². The summed E-state index contributed by atoms with van der Waals surface area (Å²) in [6.07, 6.45) is 0.905. The summed E-state index contributed by atoms with van der Waals surface area (Å²) in [6.45, 7) is 6.44. The number of carbonyl (C=O) groups is 2. The van der Waals surface area contributed by atoms with Gasteiger partial charge in [0, 0.05) is 12.1 Å². The highest BCUT2D eigenvalue weighted by Gasteiger charge is 2.13. The molecule has 0 aliphatic heterocycles. The Morgan fingerprint density at radius 3 is 2.36 bits per heavy atom. The Bertz CT molecular complexity index is 835. The summed E-state index contributed by atoms with van der Waals surface area (Å²) in [6, 6.07) is 13.8. The second kappa shape index (κ2) is 10.4. The molecule has 0 saturated heterocycles. The van der Waals surface area contributed by atoms with Gasteiger partial charge in [-0.3, -0.25) is 14.9 Å². The maximum atomic E-state index is 12.4. The van der Waals surface area contributed by atoms with Gasteiger partial charge < -0.3 is 15.4 Å². The van der Waals surface area contributed by atoms with Gasteiger partial charge in [0.15, 0.2) is 5.11 Å². The highest BCUT2D eigenvalue weighted by molar-refractivity contribution is 7.80. The monoisotopic (exact) mass is 399 g/mol. The van der Waals surface area contributed by atoms with Crippen LogP contribution < -0.4 is 20.7 Å². The number of ether oxygens (including phenoxy) is 1.